The molecule has 6 heavy (non-hydrogen) atoms. The topological polar surface area (TPSA) is 109 Å². The molecule has 0 unspecified atom stereocenters. The number of hydrogen-bond acceptors (Lipinski definition) is 5. The third-order valence-electron chi connectivity index (χ3n) is 0. The molecule has 0 amide bonds. The molecule has 0 rings (SSSR count). The van der Waals surface area contributed by atoms with Crippen LogP contribution < -0.4 is 15.0 Å². The van der Waals surface area contributed by atoms with Crippen molar-refractivity contribution in [3.63, 3.8) is 0 Å². The van der Waals surface area contributed by atoms with Gasteiger partial charge in [-0.1, -0.05) is 0 Å². The SMILES string of the molecule is [O]=[W]([O-])([O-])([O-])[O-]. The van der Waals surface area contributed by atoms with E-state index in [0.29, 0.717) is 0 Å². The Hall–Kier alpha value is 0.328. The predicted octanol–water partition coefficient (Wildman–Crippen LogP) is -4.88. The Morgan fingerprint density at radius 1 is 1.00 bits per heavy atom. The van der Waals surface area contributed by atoms with E-state index in [1.807, 2.05) is 0 Å². The molecule has 0 heterocycles. The molecule has 0 N–H and O–H groups in total. The third kappa shape index (κ3) is 445. The van der Waals surface area contributed by atoms with Crippen LogP contribution in [0, 0.1) is 0 Å². The summed E-state index contributed by atoms with van der Waals surface area (Å²) in [5.74, 6) is 0. The summed E-state index contributed by atoms with van der Waals surface area (Å²) in [7, 11) is 0. The van der Waals surface area contributed by atoms with Crippen molar-refractivity contribution in [2.24, 2.45) is 0 Å². The van der Waals surface area contributed by atoms with E-state index in [2.05, 4.69) is 0 Å². The van der Waals surface area contributed by atoms with Gasteiger partial charge >= 0.3 is 34.7 Å². The molecule has 0 radical (unpaired) electrons. The zero-order chi connectivity index (χ0) is 5.45. The van der Waals surface area contributed by atoms with E-state index in [1.165, 1.54) is 0 Å². The van der Waals surface area contributed by atoms with Crippen LogP contribution in [0.2, 0.25) is 0 Å². The molecule has 0 aliphatic heterocycles. The quantitative estimate of drug-likeness (QED) is 0.435. The minimum absolute atomic E-state index is 8.00. The van der Waals surface area contributed by atoms with Gasteiger partial charge in [-0.2, -0.15) is 0 Å². The van der Waals surface area contributed by atoms with Crippen molar-refractivity contribution in [3.05, 3.63) is 0 Å². The molecule has 0 saturated heterocycles. The summed E-state index contributed by atoms with van der Waals surface area (Å²) >= 11 is -8.00. The normalized spacial score (nSPS) is 19.0. The Labute approximate surface area is 35.4 Å². The maximum absolute atomic E-state index is 8.67. The van der Waals surface area contributed by atoms with Gasteiger partial charge < -0.3 is 0 Å². The van der Waals surface area contributed by atoms with Crippen LogP contribution in [0.1, 0.15) is 0 Å². The first-order valence-electron chi connectivity index (χ1n) is 0.833. The molecule has 0 aromatic rings. The first-order valence-corrected chi connectivity index (χ1v) is 6.82. The number of rotatable bonds is 0. The van der Waals surface area contributed by atoms with Crippen molar-refractivity contribution in [2.75, 3.05) is 0 Å². The summed E-state index contributed by atoms with van der Waals surface area (Å²) < 4.78 is 43.3. The summed E-state index contributed by atoms with van der Waals surface area (Å²) in [5, 5.41) is 0. The first kappa shape index (κ1) is 6.33. The van der Waals surface area contributed by atoms with Gasteiger partial charge in [-0.15, -0.1) is 0 Å². The van der Waals surface area contributed by atoms with Crippen LogP contribution in [0.15, 0.2) is 0 Å². The van der Waals surface area contributed by atoms with Crippen molar-refractivity contribution in [1.29, 1.82) is 0 Å². The summed E-state index contributed by atoms with van der Waals surface area (Å²) in [4.78, 5) is 0. The minimum atomic E-state index is -8.00. The first-order chi connectivity index (χ1) is 2.24. The Morgan fingerprint density at radius 2 is 1.00 bits per heavy atom. The van der Waals surface area contributed by atoms with E-state index in [1.54, 1.807) is 0 Å². The zero-order valence-corrected chi connectivity index (χ0v) is 5.38. The molecular weight excluding hydrogens is 264 g/mol. The molecule has 6 heteroatoms. The van der Waals surface area contributed by atoms with E-state index in [-0.39, 0.29) is 0 Å². The fraction of sp³-hybridized carbons (Fsp3) is 0. The maximum atomic E-state index is 8.67. The molecule has 0 aliphatic rings. The van der Waals surface area contributed by atoms with Crippen LogP contribution in [-0.4, -0.2) is 0 Å². The molecule has 0 fully saturated rings. The monoisotopic (exact) mass is 264 g/mol. The second kappa shape index (κ2) is 0.936. The second-order valence-corrected chi connectivity index (χ2v) is 5.57. The summed E-state index contributed by atoms with van der Waals surface area (Å²) in [6.45, 7) is 0. The summed E-state index contributed by atoms with van der Waals surface area (Å²) in [6.07, 6.45) is 0. The van der Waals surface area contributed by atoms with Crippen molar-refractivity contribution < 1.29 is 34.7 Å². The van der Waals surface area contributed by atoms with E-state index in [0.717, 1.165) is 0 Å². The van der Waals surface area contributed by atoms with Crippen LogP contribution in [-0.2, 0) is 19.7 Å². The van der Waals surface area contributed by atoms with Crippen LogP contribution in [0.4, 0.5) is 0 Å². The van der Waals surface area contributed by atoms with Crippen LogP contribution >= 0.6 is 0 Å². The van der Waals surface area contributed by atoms with Gasteiger partial charge in [0.15, 0.2) is 0 Å². The van der Waals surface area contributed by atoms with E-state index in [4.69, 9.17) is 18.4 Å². The van der Waals surface area contributed by atoms with Crippen LogP contribution in [0.25, 0.3) is 0 Å². The molecule has 40 valence electrons. The van der Waals surface area contributed by atoms with Crippen LogP contribution in [0.5, 0.6) is 0 Å². The van der Waals surface area contributed by atoms with Crippen molar-refractivity contribution >= 4 is 0 Å². The van der Waals surface area contributed by atoms with Crippen molar-refractivity contribution in [2.45, 2.75) is 0 Å². The summed E-state index contributed by atoms with van der Waals surface area (Å²) in [5.41, 5.74) is 0. The molecule has 0 spiro atoms. The Morgan fingerprint density at radius 3 is 1.00 bits per heavy atom. The van der Waals surface area contributed by atoms with E-state index >= 15 is 0 Å². The van der Waals surface area contributed by atoms with Gasteiger partial charge in [-0.05, 0) is 0 Å². The molecular formula is O5W-4. The molecule has 0 atom stereocenters. The van der Waals surface area contributed by atoms with Gasteiger partial charge in [0.05, 0.1) is 0 Å². The van der Waals surface area contributed by atoms with Gasteiger partial charge in [0, 0.05) is 0 Å². The predicted molar refractivity (Wildman–Crippen MR) is 0.686 cm³/mol. The van der Waals surface area contributed by atoms with Crippen molar-refractivity contribution in [3.8, 4) is 0 Å². The molecule has 0 bridgehead atoms. The molecule has 0 aromatic carbocycles. The fourth-order valence-electron chi connectivity index (χ4n) is 0. The van der Waals surface area contributed by atoms with Gasteiger partial charge in [0.25, 0.3) is 0 Å². The molecule has 5 nitrogen and oxygen atoms in total. The Balaban J connectivity index is 4.16. The molecule has 0 aliphatic carbocycles. The molecule has 0 saturated carbocycles. The van der Waals surface area contributed by atoms with Gasteiger partial charge in [0.2, 0.25) is 0 Å². The van der Waals surface area contributed by atoms with Gasteiger partial charge in [-0.3, -0.25) is 0 Å². The van der Waals surface area contributed by atoms with Gasteiger partial charge in [0.1, 0.15) is 0 Å². The van der Waals surface area contributed by atoms with Gasteiger partial charge in [-0.25, -0.2) is 0 Å². The van der Waals surface area contributed by atoms with E-state index in [9.17, 15) is 0 Å². The average Bonchev–Trinajstić information content (AvgIpc) is 0.650. The average molecular weight is 264 g/mol. The zero-order valence-electron chi connectivity index (χ0n) is 2.45. The number of hydrogen-bond donors (Lipinski definition) is 0. The fourth-order valence-corrected chi connectivity index (χ4v) is 0. The summed E-state index contributed by atoms with van der Waals surface area (Å²) in [6, 6.07) is 0. The van der Waals surface area contributed by atoms with E-state index < -0.39 is 16.3 Å². The molecule has 0 aromatic heterocycles. The third-order valence-corrected chi connectivity index (χ3v) is 0. The Bertz CT molecular complexity index is 81.6. The van der Waals surface area contributed by atoms with Crippen LogP contribution in [0.3, 0.4) is 0 Å². The Kier molecular flexibility index (Phi) is 0.987. The second-order valence-electron chi connectivity index (χ2n) is 0.680. The standard InChI is InChI=1S/5O.W/q;4*-1;. The van der Waals surface area contributed by atoms with Crippen molar-refractivity contribution in [1.82, 2.24) is 0 Å².